The van der Waals surface area contributed by atoms with Gasteiger partial charge in [-0.1, -0.05) is 6.07 Å². The van der Waals surface area contributed by atoms with Crippen molar-refractivity contribution in [2.24, 2.45) is 0 Å². The summed E-state index contributed by atoms with van der Waals surface area (Å²) in [5.41, 5.74) is -0.530. The van der Waals surface area contributed by atoms with Crippen LogP contribution in [0.2, 0.25) is 0 Å². The summed E-state index contributed by atoms with van der Waals surface area (Å²) in [6, 6.07) is 3.88. The van der Waals surface area contributed by atoms with Gasteiger partial charge in [-0.3, -0.25) is 10.1 Å². The molecular weight excluding hydrogens is 278 g/mol. The highest BCUT2D eigenvalue weighted by atomic mass is 16.6. The van der Waals surface area contributed by atoms with Crippen LogP contribution in [0.15, 0.2) is 18.2 Å². The van der Waals surface area contributed by atoms with Gasteiger partial charge in [0, 0.05) is 18.9 Å². The van der Waals surface area contributed by atoms with Crippen molar-refractivity contribution in [1.82, 2.24) is 0 Å². The zero-order chi connectivity index (χ0) is 15.6. The number of aromatic carboxylic acids is 1. The number of para-hydroxylation sites is 1. The highest BCUT2D eigenvalue weighted by Crippen LogP contribution is 2.34. The predicted octanol–water partition coefficient (Wildman–Crippen LogP) is 2.63. The first-order valence-electron chi connectivity index (χ1n) is 6.71. The van der Waals surface area contributed by atoms with Gasteiger partial charge < -0.3 is 14.6 Å². The molecule has 1 aromatic carbocycles. The fraction of sp³-hybridized carbons (Fsp3) is 0.500. The molecule has 1 aromatic rings. The molecule has 7 heteroatoms. The predicted molar refractivity (Wildman–Crippen MR) is 73.7 cm³/mol. The van der Waals surface area contributed by atoms with E-state index in [1.165, 1.54) is 18.2 Å². The minimum atomic E-state index is -1.25. The molecule has 0 aliphatic carbocycles. The van der Waals surface area contributed by atoms with Crippen LogP contribution in [0.3, 0.4) is 0 Å². The summed E-state index contributed by atoms with van der Waals surface area (Å²) in [5.74, 6) is -1.43. The maximum absolute atomic E-state index is 11.2. The Hall–Kier alpha value is -2.15. The van der Waals surface area contributed by atoms with Crippen molar-refractivity contribution >= 4 is 11.7 Å². The molecule has 0 amide bonds. The van der Waals surface area contributed by atoms with Gasteiger partial charge in [0.2, 0.25) is 5.75 Å². The summed E-state index contributed by atoms with van der Waals surface area (Å²) < 4.78 is 11.3. The van der Waals surface area contributed by atoms with Crippen LogP contribution >= 0.6 is 0 Å². The van der Waals surface area contributed by atoms with Crippen LogP contribution in [-0.4, -0.2) is 34.3 Å². The van der Waals surface area contributed by atoms with E-state index >= 15 is 0 Å². The Morgan fingerprint density at radius 3 is 2.52 bits per heavy atom. The van der Waals surface area contributed by atoms with Crippen LogP contribution in [0, 0.1) is 10.1 Å². The molecule has 0 spiro atoms. The number of carboxylic acids is 1. The number of benzene rings is 1. The van der Waals surface area contributed by atoms with Crippen LogP contribution in [0.4, 0.5) is 5.69 Å². The third kappa shape index (κ3) is 3.49. The molecule has 0 radical (unpaired) electrons. The molecule has 1 aliphatic heterocycles. The molecule has 2 unspecified atom stereocenters. The molecule has 1 N–H and O–H groups in total. The molecule has 114 valence electrons. The lowest BCUT2D eigenvalue weighted by molar-refractivity contribution is -0.386. The smallest absolute Gasteiger partial charge is 0.339 e. The lowest BCUT2D eigenvalue weighted by Gasteiger charge is -2.32. The monoisotopic (exact) mass is 295 g/mol. The number of rotatable bonds is 4. The fourth-order valence-corrected chi connectivity index (χ4v) is 2.57. The number of nitrogens with zero attached hydrogens (tertiary/aromatic N) is 1. The minimum Gasteiger partial charge on any atom is -0.483 e. The molecule has 1 aliphatic rings. The van der Waals surface area contributed by atoms with E-state index in [9.17, 15) is 20.0 Å². The van der Waals surface area contributed by atoms with Crippen LogP contribution in [-0.2, 0) is 4.74 Å². The van der Waals surface area contributed by atoms with Gasteiger partial charge in [-0.25, -0.2) is 4.79 Å². The van der Waals surface area contributed by atoms with Crippen molar-refractivity contribution in [2.45, 2.75) is 45.0 Å². The molecule has 0 aromatic heterocycles. The number of nitro groups is 1. The zero-order valence-electron chi connectivity index (χ0n) is 11.8. The maximum Gasteiger partial charge on any atom is 0.339 e. The second-order valence-corrected chi connectivity index (χ2v) is 5.18. The van der Waals surface area contributed by atoms with Crippen molar-refractivity contribution < 1.29 is 24.3 Å². The van der Waals surface area contributed by atoms with Crippen LogP contribution < -0.4 is 4.74 Å². The number of carboxylic acid groups (broad SMARTS) is 1. The topological polar surface area (TPSA) is 98.9 Å². The number of hydrogen-bond donors (Lipinski definition) is 1. The minimum absolute atomic E-state index is 0.0326. The molecule has 1 saturated heterocycles. The quantitative estimate of drug-likeness (QED) is 0.677. The van der Waals surface area contributed by atoms with Gasteiger partial charge in [0.25, 0.3) is 0 Å². The van der Waals surface area contributed by atoms with Gasteiger partial charge in [-0.2, -0.15) is 0 Å². The zero-order valence-corrected chi connectivity index (χ0v) is 11.8. The van der Waals surface area contributed by atoms with E-state index in [1.54, 1.807) is 0 Å². The van der Waals surface area contributed by atoms with E-state index in [0.717, 1.165) is 0 Å². The lowest BCUT2D eigenvalue weighted by atomic mass is 10.0. The fourth-order valence-electron chi connectivity index (χ4n) is 2.57. The van der Waals surface area contributed by atoms with Gasteiger partial charge in [0.1, 0.15) is 11.7 Å². The Morgan fingerprint density at radius 1 is 1.38 bits per heavy atom. The van der Waals surface area contributed by atoms with Crippen molar-refractivity contribution in [2.75, 3.05) is 0 Å². The van der Waals surface area contributed by atoms with E-state index in [4.69, 9.17) is 9.47 Å². The van der Waals surface area contributed by atoms with Gasteiger partial charge in [-0.15, -0.1) is 0 Å². The van der Waals surface area contributed by atoms with E-state index in [-0.39, 0.29) is 35.3 Å². The molecule has 2 rings (SSSR count). The van der Waals surface area contributed by atoms with Gasteiger partial charge in [0.15, 0.2) is 0 Å². The van der Waals surface area contributed by atoms with E-state index in [2.05, 4.69) is 0 Å². The Labute approximate surface area is 121 Å². The Bertz CT molecular complexity index is 516. The number of carbonyl (C=O) groups is 1. The van der Waals surface area contributed by atoms with Gasteiger partial charge >= 0.3 is 11.7 Å². The number of nitro benzene ring substituents is 1. The highest BCUT2D eigenvalue weighted by molar-refractivity contribution is 5.92. The SMILES string of the molecule is CC1CC(Oc2c(C(=O)O)cccc2[N+](=O)[O-])CC(C)O1. The average molecular weight is 295 g/mol. The summed E-state index contributed by atoms with van der Waals surface area (Å²) in [6.45, 7) is 3.78. The highest BCUT2D eigenvalue weighted by Gasteiger charge is 2.30. The Kier molecular flexibility index (Phi) is 4.42. The van der Waals surface area contributed by atoms with Crippen LogP contribution in [0.5, 0.6) is 5.75 Å². The third-order valence-corrected chi connectivity index (χ3v) is 3.36. The van der Waals surface area contributed by atoms with Crippen LogP contribution in [0.25, 0.3) is 0 Å². The second kappa shape index (κ2) is 6.09. The van der Waals surface area contributed by atoms with Gasteiger partial charge in [0.05, 0.1) is 17.1 Å². The molecule has 0 bridgehead atoms. The second-order valence-electron chi connectivity index (χ2n) is 5.18. The molecular formula is C14H17NO6. The summed E-state index contributed by atoms with van der Waals surface area (Å²) in [6.07, 6.45) is 0.762. The van der Waals surface area contributed by atoms with Crippen molar-refractivity contribution in [3.05, 3.63) is 33.9 Å². The van der Waals surface area contributed by atoms with E-state index < -0.39 is 10.9 Å². The first-order valence-corrected chi connectivity index (χ1v) is 6.71. The first-order chi connectivity index (χ1) is 9.88. The average Bonchev–Trinajstić information content (AvgIpc) is 2.37. The van der Waals surface area contributed by atoms with Gasteiger partial charge in [-0.05, 0) is 19.9 Å². The maximum atomic E-state index is 11.2. The molecule has 1 fully saturated rings. The van der Waals surface area contributed by atoms with Crippen LogP contribution in [0.1, 0.15) is 37.0 Å². The standard InChI is InChI=1S/C14H17NO6/c1-8-6-10(7-9(2)20-8)21-13-11(14(16)17)4-3-5-12(13)15(18)19/h3-5,8-10H,6-7H2,1-2H3,(H,16,17). The summed E-state index contributed by atoms with van der Waals surface area (Å²) in [4.78, 5) is 21.7. The van der Waals surface area contributed by atoms with Crippen molar-refractivity contribution in [1.29, 1.82) is 0 Å². The Balaban J connectivity index is 2.33. The molecule has 21 heavy (non-hydrogen) atoms. The summed E-state index contributed by atoms with van der Waals surface area (Å²) in [5, 5.41) is 20.3. The lowest BCUT2D eigenvalue weighted by Crippen LogP contribution is -2.36. The molecule has 7 nitrogen and oxygen atoms in total. The van der Waals surface area contributed by atoms with Crippen molar-refractivity contribution in [3.8, 4) is 5.75 Å². The Morgan fingerprint density at radius 2 is 2.00 bits per heavy atom. The van der Waals surface area contributed by atoms with E-state index in [0.29, 0.717) is 12.8 Å². The molecule has 0 saturated carbocycles. The summed E-state index contributed by atoms with van der Waals surface area (Å²) in [7, 11) is 0. The van der Waals surface area contributed by atoms with Crippen molar-refractivity contribution in [3.63, 3.8) is 0 Å². The number of hydrogen-bond acceptors (Lipinski definition) is 5. The molecule has 1 heterocycles. The first kappa shape index (κ1) is 15.2. The largest absolute Gasteiger partial charge is 0.483 e. The van der Waals surface area contributed by atoms with E-state index in [1.807, 2.05) is 13.8 Å². The summed E-state index contributed by atoms with van der Waals surface area (Å²) >= 11 is 0. The molecule has 2 atom stereocenters. The number of ether oxygens (including phenoxy) is 2. The third-order valence-electron chi connectivity index (χ3n) is 3.36. The normalized spacial score (nSPS) is 25.3.